The summed E-state index contributed by atoms with van der Waals surface area (Å²) >= 11 is 0. The van der Waals surface area contributed by atoms with Crippen LogP contribution in [-0.2, 0) is 10.0 Å². The van der Waals surface area contributed by atoms with Crippen LogP contribution in [0.4, 0.5) is 0 Å². The minimum atomic E-state index is -3.60. The molecule has 5 rings (SSSR count). The third-order valence-corrected chi connectivity index (χ3v) is 8.15. The van der Waals surface area contributed by atoms with E-state index in [1.54, 1.807) is 13.8 Å². The van der Waals surface area contributed by atoms with Crippen molar-refractivity contribution in [2.45, 2.75) is 56.4 Å². The number of likely N-dealkylation sites (tertiary alicyclic amines) is 1. The van der Waals surface area contributed by atoms with Crippen molar-refractivity contribution in [1.82, 2.24) is 24.5 Å². The van der Waals surface area contributed by atoms with E-state index in [-0.39, 0.29) is 16.9 Å². The van der Waals surface area contributed by atoms with Crippen LogP contribution in [0.1, 0.15) is 60.8 Å². The Balaban J connectivity index is 1.26. The van der Waals surface area contributed by atoms with E-state index in [1.807, 2.05) is 0 Å². The molecule has 0 amide bonds. The van der Waals surface area contributed by atoms with E-state index >= 15 is 0 Å². The predicted octanol–water partition coefficient (Wildman–Crippen LogP) is 2.01. The minimum absolute atomic E-state index is 0.0361. The van der Waals surface area contributed by atoms with Crippen LogP contribution < -0.4 is 0 Å². The SMILES string of the molecule is Cc1noc(C)c1S(=O)(=O)N1CC(c2noc(C3CCCN3CC3CC3)n2)C1. The number of nitrogens with zero attached hydrogens (tertiary/aromatic N) is 5. The molecular formula is C18H25N5O4S. The standard InChI is InChI=1S/C18H25N5O4S/c1-11-16(12(2)26-20-11)28(24,25)23-9-14(10-23)17-19-18(27-21-17)15-4-3-7-22(15)8-13-5-6-13/h13-15H,3-10H2,1-2H3. The highest BCUT2D eigenvalue weighted by atomic mass is 32.2. The summed E-state index contributed by atoms with van der Waals surface area (Å²) in [5.41, 5.74) is 0.389. The highest BCUT2D eigenvalue weighted by Crippen LogP contribution is 2.38. The second kappa shape index (κ2) is 6.64. The number of hydrogen-bond donors (Lipinski definition) is 0. The van der Waals surface area contributed by atoms with Crippen LogP contribution in [0.3, 0.4) is 0 Å². The van der Waals surface area contributed by atoms with E-state index in [4.69, 9.17) is 9.05 Å². The highest BCUT2D eigenvalue weighted by Gasteiger charge is 2.43. The van der Waals surface area contributed by atoms with Crippen molar-refractivity contribution < 1.29 is 17.5 Å². The Morgan fingerprint density at radius 1 is 1.11 bits per heavy atom. The van der Waals surface area contributed by atoms with Crippen molar-refractivity contribution in [2.24, 2.45) is 5.92 Å². The summed E-state index contributed by atoms with van der Waals surface area (Å²) in [6.45, 7) is 6.16. The average molecular weight is 407 g/mol. The second-order valence-corrected chi connectivity index (χ2v) is 10.1. The van der Waals surface area contributed by atoms with Crippen molar-refractivity contribution in [3.8, 4) is 0 Å². The lowest BCUT2D eigenvalue weighted by molar-refractivity contribution is 0.200. The molecule has 9 nitrogen and oxygen atoms in total. The fourth-order valence-corrected chi connectivity index (χ4v) is 6.10. The maximum Gasteiger partial charge on any atom is 0.248 e. The van der Waals surface area contributed by atoms with E-state index in [2.05, 4.69) is 20.2 Å². The molecule has 0 bridgehead atoms. The highest BCUT2D eigenvalue weighted by molar-refractivity contribution is 7.89. The molecule has 1 atom stereocenters. The van der Waals surface area contributed by atoms with Crippen LogP contribution in [-0.4, -0.2) is 59.1 Å². The molecule has 2 saturated heterocycles. The zero-order chi connectivity index (χ0) is 19.5. The minimum Gasteiger partial charge on any atom is -0.360 e. The topological polar surface area (TPSA) is 106 Å². The Morgan fingerprint density at radius 2 is 1.89 bits per heavy atom. The average Bonchev–Trinajstić information content (AvgIpc) is 2.96. The molecule has 0 aromatic carbocycles. The lowest BCUT2D eigenvalue weighted by Crippen LogP contribution is -2.48. The van der Waals surface area contributed by atoms with Crippen LogP contribution in [0.2, 0.25) is 0 Å². The molecule has 28 heavy (non-hydrogen) atoms. The molecule has 1 saturated carbocycles. The molecule has 0 radical (unpaired) electrons. The Hall–Kier alpha value is -1.78. The summed E-state index contributed by atoms with van der Waals surface area (Å²) in [6.07, 6.45) is 4.86. The van der Waals surface area contributed by atoms with Gasteiger partial charge in [0, 0.05) is 19.6 Å². The Kier molecular flexibility index (Phi) is 4.33. The first-order valence-electron chi connectivity index (χ1n) is 9.94. The number of rotatable bonds is 6. The van der Waals surface area contributed by atoms with Crippen LogP contribution in [0.25, 0.3) is 0 Å². The molecule has 3 aliphatic rings. The van der Waals surface area contributed by atoms with Gasteiger partial charge in [0.05, 0.1) is 12.0 Å². The molecule has 152 valence electrons. The maximum atomic E-state index is 12.8. The summed E-state index contributed by atoms with van der Waals surface area (Å²) in [5, 5.41) is 7.92. The van der Waals surface area contributed by atoms with Gasteiger partial charge in [-0.25, -0.2) is 8.42 Å². The van der Waals surface area contributed by atoms with Gasteiger partial charge in [0.2, 0.25) is 15.9 Å². The summed E-state index contributed by atoms with van der Waals surface area (Å²) < 4.78 is 37.6. The van der Waals surface area contributed by atoms with Gasteiger partial charge in [-0.3, -0.25) is 4.90 Å². The van der Waals surface area contributed by atoms with E-state index in [0.29, 0.717) is 36.3 Å². The molecule has 0 N–H and O–H groups in total. The zero-order valence-electron chi connectivity index (χ0n) is 16.2. The smallest absolute Gasteiger partial charge is 0.248 e. The van der Waals surface area contributed by atoms with Gasteiger partial charge in [-0.2, -0.15) is 9.29 Å². The number of aromatic nitrogens is 3. The van der Waals surface area contributed by atoms with E-state index in [9.17, 15) is 8.42 Å². The van der Waals surface area contributed by atoms with Crippen LogP contribution in [0.5, 0.6) is 0 Å². The summed E-state index contributed by atoms with van der Waals surface area (Å²) in [6, 6.07) is 0.212. The van der Waals surface area contributed by atoms with Crippen molar-refractivity contribution in [3.05, 3.63) is 23.2 Å². The third-order valence-electron chi connectivity index (χ3n) is 6.07. The van der Waals surface area contributed by atoms with Gasteiger partial charge in [0.15, 0.2) is 11.6 Å². The Labute approximate surface area is 164 Å². The third kappa shape index (κ3) is 3.07. The van der Waals surface area contributed by atoms with Gasteiger partial charge >= 0.3 is 0 Å². The molecule has 10 heteroatoms. The number of aryl methyl sites for hydroxylation is 2. The second-order valence-electron chi connectivity index (χ2n) is 8.26. The molecular weight excluding hydrogens is 382 g/mol. The quantitative estimate of drug-likeness (QED) is 0.716. The van der Waals surface area contributed by atoms with Crippen molar-refractivity contribution in [3.63, 3.8) is 0 Å². The Bertz CT molecular complexity index is 955. The fraction of sp³-hybridized carbons (Fsp3) is 0.722. The van der Waals surface area contributed by atoms with Gasteiger partial charge in [0.25, 0.3) is 0 Å². The van der Waals surface area contributed by atoms with Crippen LogP contribution in [0.15, 0.2) is 13.9 Å². The Morgan fingerprint density at radius 3 is 2.57 bits per heavy atom. The maximum absolute atomic E-state index is 12.8. The van der Waals surface area contributed by atoms with Gasteiger partial charge in [-0.15, -0.1) is 0 Å². The summed E-state index contributed by atoms with van der Waals surface area (Å²) in [4.78, 5) is 7.26. The molecule has 0 spiro atoms. The largest absolute Gasteiger partial charge is 0.360 e. The van der Waals surface area contributed by atoms with Crippen molar-refractivity contribution in [1.29, 1.82) is 0 Å². The first-order chi connectivity index (χ1) is 13.4. The first-order valence-corrected chi connectivity index (χ1v) is 11.4. The normalized spacial score (nSPS) is 24.7. The first kappa shape index (κ1) is 18.3. The lowest BCUT2D eigenvalue weighted by atomic mass is 10.0. The lowest BCUT2D eigenvalue weighted by Gasteiger charge is -2.35. The monoisotopic (exact) mass is 407 g/mol. The van der Waals surface area contributed by atoms with Gasteiger partial charge in [-0.1, -0.05) is 10.3 Å². The van der Waals surface area contributed by atoms with Gasteiger partial charge in [0.1, 0.15) is 10.6 Å². The van der Waals surface area contributed by atoms with E-state index < -0.39 is 10.0 Å². The molecule has 2 aromatic heterocycles. The molecule has 2 aliphatic heterocycles. The zero-order valence-corrected chi connectivity index (χ0v) is 17.0. The summed E-state index contributed by atoms with van der Waals surface area (Å²) in [7, 11) is -3.60. The molecule has 1 unspecified atom stereocenters. The van der Waals surface area contributed by atoms with Crippen LogP contribution in [0, 0.1) is 19.8 Å². The molecule has 3 fully saturated rings. The molecule has 2 aromatic rings. The predicted molar refractivity (Wildman–Crippen MR) is 98.0 cm³/mol. The number of sulfonamides is 1. The molecule has 1 aliphatic carbocycles. The van der Waals surface area contributed by atoms with E-state index in [0.717, 1.165) is 31.8 Å². The van der Waals surface area contributed by atoms with Gasteiger partial charge in [-0.05, 0) is 52.0 Å². The van der Waals surface area contributed by atoms with Gasteiger partial charge < -0.3 is 9.05 Å². The fourth-order valence-electron chi connectivity index (χ4n) is 4.27. The van der Waals surface area contributed by atoms with E-state index in [1.165, 1.54) is 17.1 Å². The number of hydrogen-bond acceptors (Lipinski definition) is 8. The van der Waals surface area contributed by atoms with Crippen molar-refractivity contribution >= 4 is 10.0 Å². The van der Waals surface area contributed by atoms with Crippen molar-refractivity contribution in [2.75, 3.05) is 26.2 Å². The van der Waals surface area contributed by atoms with Crippen LogP contribution >= 0.6 is 0 Å². The summed E-state index contributed by atoms with van der Waals surface area (Å²) in [5.74, 6) is 2.40. The molecule has 4 heterocycles.